The van der Waals surface area contributed by atoms with E-state index in [4.69, 9.17) is 9.68 Å². The minimum absolute atomic E-state index is 0.614. The molecule has 0 aliphatic rings. The number of fused-ring (bicyclic) bond motifs is 2. The van der Waals surface area contributed by atoms with Gasteiger partial charge in [0, 0.05) is 16.3 Å². The summed E-state index contributed by atoms with van der Waals surface area (Å²) >= 11 is 0. The van der Waals surface area contributed by atoms with Gasteiger partial charge < -0.3 is 9.68 Å². The van der Waals surface area contributed by atoms with Gasteiger partial charge in [-0.2, -0.15) is 0 Å². The van der Waals surface area contributed by atoms with Crippen LogP contribution in [0.2, 0.25) is 0 Å². The molecule has 0 fully saturated rings. The maximum atomic E-state index is 11.5. The van der Waals surface area contributed by atoms with Crippen LogP contribution in [0.1, 0.15) is 10.4 Å². The quantitative estimate of drug-likeness (QED) is 0.231. The standard InChI is InChI=1S/C21H12BO3/c23-11-12-7-8-16-15-5-2-6-18-19(25-22-24)10-9-17(21(15)18)14-4-1-3-13(12)20(14)16/h1-11,24H. The fourth-order valence-corrected chi connectivity index (χ4v) is 3.97. The molecule has 0 heterocycles. The Labute approximate surface area is 144 Å². The third-order valence-corrected chi connectivity index (χ3v) is 4.96. The Morgan fingerprint density at radius 3 is 1.96 bits per heavy atom. The highest BCUT2D eigenvalue weighted by Crippen LogP contribution is 2.42. The molecule has 0 atom stereocenters. The van der Waals surface area contributed by atoms with E-state index in [-0.39, 0.29) is 0 Å². The molecule has 0 aliphatic heterocycles. The van der Waals surface area contributed by atoms with Crippen molar-refractivity contribution in [3.05, 3.63) is 66.2 Å². The summed E-state index contributed by atoms with van der Waals surface area (Å²) in [6.07, 6.45) is 0.910. The van der Waals surface area contributed by atoms with Gasteiger partial charge >= 0.3 is 7.69 Å². The number of carbonyl (C=O) groups excluding carboxylic acids is 1. The Kier molecular flexibility index (Phi) is 2.96. The fourth-order valence-electron chi connectivity index (χ4n) is 3.97. The smallest absolute Gasteiger partial charge is 0.537 e. The molecular weight excluding hydrogens is 311 g/mol. The average molecular weight is 323 g/mol. The maximum absolute atomic E-state index is 11.5. The number of rotatable bonds is 3. The van der Waals surface area contributed by atoms with Crippen LogP contribution in [0.25, 0.3) is 43.1 Å². The van der Waals surface area contributed by atoms with Crippen molar-refractivity contribution < 1.29 is 14.5 Å². The summed E-state index contributed by atoms with van der Waals surface area (Å²) in [7, 11) is 0.706. The SMILES string of the molecule is O=Cc1ccc2c3cccc4c(O[B]O)ccc(c5cccc1c25)c43. The molecule has 5 aromatic rings. The van der Waals surface area contributed by atoms with Crippen LogP contribution in [0.3, 0.4) is 0 Å². The summed E-state index contributed by atoms with van der Waals surface area (Å²) in [6, 6.07) is 19.9. The Bertz CT molecular complexity index is 1260. The summed E-state index contributed by atoms with van der Waals surface area (Å²) in [5.41, 5.74) is 0.700. The minimum atomic E-state index is 0.614. The lowest BCUT2D eigenvalue weighted by Gasteiger charge is -2.16. The van der Waals surface area contributed by atoms with Crippen LogP contribution >= 0.6 is 0 Å². The molecule has 0 amide bonds. The number of benzene rings is 5. The molecule has 0 bridgehead atoms. The lowest BCUT2D eigenvalue weighted by molar-refractivity contribution is 0.112. The first-order valence-electron chi connectivity index (χ1n) is 8.03. The summed E-state index contributed by atoms with van der Waals surface area (Å²) in [5.74, 6) is 0.614. The van der Waals surface area contributed by atoms with E-state index in [0.717, 1.165) is 49.4 Å². The van der Waals surface area contributed by atoms with Crippen LogP contribution in [0.4, 0.5) is 0 Å². The highest BCUT2D eigenvalue weighted by atomic mass is 16.5. The van der Waals surface area contributed by atoms with Crippen molar-refractivity contribution in [1.82, 2.24) is 0 Å². The van der Waals surface area contributed by atoms with E-state index in [2.05, 4.69) is 12.1 Å². The van der Waals surface area contributed by atoms with Gasteiger partial charge in [-0.3, -0.25) is 4.79 Å². The van der Waals surface area contributed by atoms with Crippen LogP contribution in [-0.4, -0.2) is 19.0 Å². The topological polar surface area (TPSA) is 46.5 Å². The second-order valence-electron chi connectivity index (χ2n) is 6.11. The number of hydrogen-bond donors (Lipinski definition) is 1. The van der Waals surface area contributed by atoms with Crippen LogP contribution in [0.5, 0.6) is 5.75 Å². The van der Waals surface area contributed by atoms with Crippen molar-refractivity contribution in [1.29, 1.82) is 0 Å². The van der Waals surface area contributed by atoms with Crippen LogP contribution in [0, 0.1) is 0 Å². The predicted molar refractivity (Wildman–Crippen MR) is 102 cm³/mol. The maximum Gasteiger partial charge on any atom is 0.569 e. The van der Waals surface area contributed by atoms with Crippen molar-refractivity contribution in [3.63, 3.8) is 0 Å². The van der Waals surface area contributed by atoms with Crippen LogP contribution < -0.4 is 4.65 Å². The third-order valence-electron chi connectivity index (χ3n) is 4.96. The molecular formula is C21H12BO3. The van der Waals surface area contributed by atoms with E-state index in [1.807, 2.05) is 48.5 Å². The first kappa shape index (κ1) is 14.3. The molecule has 0 saturated carbocycles. The van der Waals surface area contributed by atoms with E-state index in [1.165, 1.54) is 0 Å². The van der Waals surface area contributed by atoms with Gasteiger partial charge in [-0.15, -0.1) is 0 Å². The Morgan fingerprint density at radius 1 is 0.720 bits per heavy atom. The largest absolute Gasteiger partial charge is 0.569 e. The van der Waals surface area contributed by atoms with E-state index < -0.39 is 0 Å². The van der Waals surface area contributed by atoms with Crippen LogP contribution in [-0.2, 0) is 0 Å². The highest BCUT2D eigenvalue weighted by Gasteiger charge is 2.16. The van der Waals surface area contributed by atoms with Gasteiger partial charge in [0.1, 0.15) is 5.75 Å². The monoisotopic (exact) mass is 323 g/mol. The van der Waals surface area contributed by atoms with Gasteiger partial charge in [0.2, 0.25) is 0 Å². The van der Waals surface area contributed by atoms with Crippen molar-refractivity contribution in [2.45, 2.75) is 0 Å². The molecule has 0 aromatic heterocycles. The molecule has 1 radical (unpaired) electrons. The molecule has 3 nitrogen and oxygen atoms in total. The van der Waals surface area contributed by atoms with Crippen molar-refractivity contribution in [2.24, 2.45) is 0 Å². The number of aldehydes is 1. The first-order valence-corrected chi connectivity index (χ1v) is 8.03. The van der Waals surface area contributed by atoms with E-state index in [1.54, 1.807) is 0 Å². The normalized spacial score (nSPS) is 11.6. The van der Waals surface area contributed by atoms with Crippen molar-refractivity contribution in [2.75, 3.05) is 0 Å². The second kappa shape index (κ2) is 5.20. The molecule has 25 heavy (non-hydrogen) atoms. The summed E-state index contributed by atoms with van der Waals surface area (Å²) in [6.45, 7) is 0. The van der Waals surface area contributed by atoms with Gasteiger partial charge in [-0.05, 0) is 38.4 Å². The summed E-state index contributed by atoms with van der Waals surface area (Å²) in [5, 5.41) is 17.6. The second-order valence-corrected chi connectivity index (χ2v) is 6.11. The van der Waals surface area contributed by atoms with Gasteiger partial charge in [0.05, 0.1) is 0 Å². The van der Waals surface area contributed by atoms with Gasteiger partial charge in [-0.1, -0.05) is 54.6 Å². The van der Waals surface area contributed by atoms with E-state index in [9.17, 15) is 4.79 Å². The molecule has 117 valence electrons. The lowest BCUT2D eigenvalue weighted by Crippen LogP contribution is -2.00. The molecule has 5 rings (SSSR count). The van der Waals surface area contributed by atoms with E-state index >= 15 is 0 Å². The molecule has 0 unspecified atom stereocenters. The predicted octanol–water partition coefficient (Wildman–Crippen LogP) is 4.46. The van der Waals surface area contributed by atoms with Crippen molar-refractivity contribution >= 4 is 57.1 Å². The number of carbonyl (C=O) groups is 1. The molecule has 0 spiro atoms. The Morgan fingerprint density at radius 2 is 1.28 bits per heavy atom. The average Bonchev–Trinajstić information content (AvgIpc) is 2.66. The number of hydrogen-bond acceptors (Lipinski definition) is 3. The molecule has 5 aromatic carbocycles. The zero-order valence-electron chi connectivity index (χ0n) is 13.2. The molecule has 0 saturated heterocycles. The molecule has 1 N–H and O–H groups in total. The van der Waals surface area contributed by atoms with Gasteiger partial charge in [0.15, 0.2) is 6.29 Å². The summed E-state index contributed by atoms with van der Waals surface area (Å²) < 4.78 is 5.28. The lowest BCUT2D eigenvalue weighted by atomic mass is 9.88. The first-order chi connectivity index (χ1) is 12.3. The summed E-state index contributed by atoms with van der Waals surface area (Å²) in [4.78, 5) is 11.5. The van der Waals surface area contributed by atoms with Gasteiger partial charge in [-0.25, -0.2) is 0 Å². The fraction of sp³-hybridized carbons (Fsp3) is 0. The molecule has 4 heteroatoms. The van der Waals surface area contributed by atoms with Gasteiger partial charge in [0.25, 0.3) is 0 Å². The minimum Gasteiger partial charge on any atom is -0.537 e. The zero-order chi connectivity index (χ0) is 17.0. The third kappa shape index (κ3) is 1.83. The van der Waals surface area contributed by atoms with Crippen LogP contribution in [0.15, 0.2) is 60.7 Å². The highest BCUT2D eigenvalue weighted by molar-refractivity contribution is 6.34. The zero-order valence-corrected chi connectivity index (χ0v) is 13.2. The van der Waals surface area contributed by atoms with Crippen molar-refractivity contribution in [3.8, 4) is 5.75 Å². The Balaban J connectivity index is 2.11. The Hall–Kier alpha value is -3.11. The molecule has 0 aliphatic carbocycles. The van der Waals surface area contributed by atoms with E-state index in [0.29, 0.717) is 19.0 Å².